The third kappa shape index (κ3) is 2.09. The third-order valence-electron chi connectivity index (χ3n) is 5.35. The van der Waals surface area contributed by atoms with Crippen molar-refractivity contribution < 1.29 is 4.79 Å². The Morgan fingerprint density at radius 3 is 2.83 bits per heavy atom. The molecule has 24 heavy (non-hydrogen) atoms. The van der Waals surface area contributed by atoms with Crippen LogP contribution in [0.5, 0.6) is 0 Å². The molecule has 0 spiro atoms. The van der Waals surface area contributed by atoms with E-state index in [2.05, 4.69) is 27.0 Å². The van der Waals surface area contributed by atoms with E-state index in [1.165, 1.54) is 18.5 Å². The van der Waals surface area contributed by atoms with Gasteiger partial charge in [-0.25, -0.2) is 0 Å². The molecule has 0 atom stereocenters. The van der Waals surface area contributed by atoms with Gasteiger partial charge in [-0.05, 0) is 31.7 Å². The molecule has 6 heteroatoms. The van der Waals surface area contributed by atoms with E-state index in [0.717, 1.165) is 41.3 Å². The molecule has 3 heterocycles. The summed E-state index contributed by atoms with van der Waals surface area (Å²) in [5.41, 5.74) is 4.35. The number of carbonyl (C=O) groups is 1. The van der Waals surface area contributed by atoms with Crippen LogP contribution in [0.4, 0.5) is 0 Å². The van der Waals surface area contributed by atoms with Crippen molar-refractivity contribution in [1.82, 2.24) is 24.5 Å². The van der Waals surface area contributed by atoms with Gasteiger partial charge in [-0.1, -0.05) is 0 Å². The Morgan fingerprint density at radius 1 is 1.25 bits per heavy atom. The van der Waals surface area contributed by atoms with Crippen LogP contribution in [-0.2, 0) is 11.8 Å². The topological polar surface area (TPSA) is 65.6 Å². The van der Waals surface area contributed by atoms with E-state index in [0.29, 0.717) is 12.0 Å². The van der Waals surface area contributed by atoms with Crippen LogP contribution in [0.3, 0.4) is 0 Å². The van der Waals surface area contributed by atoms with E-state index in [1.54, 1.807) is 0 Å². The summed E-state index contributed by atoms with van der Waals surface area (Å²) in [5.74, 6) is 0.767. The lowest BCUT2D eigenvalue weighted by molar-refractivity contribution is -0.114. The molecule has 5 rings (SSSR count). The van der Waals surface area contributed by atoms with Crippen molar-refractivity contribution in [2.75, 3.05) is 0 Å². The van der Waals surface area contributed by atoms with Gasteiger partial charge in [0.05, 0.1) is 29.1 Å². The fourth-order valence-corrected chi connectivity index (χ4v) is 3.60. The van der Waals surface area contributed by atoms with E-state index in [4.69, 9.17) is 5.10 Å². The summed E-state index contributed by atoms with van der Waals surface area (Å²) in [6.45, 7) is 0. The fourth-order valence-electron chi connectivity index (χ4n) is 3.60. The lowest BCUT2D eigenvalue weighted by Gasteiger charge is -2.31. The molecule has 122 valence electrons. The zero-order valence-corrected chi connectivity index (χ0v) is 13.6. The maximum Gasteiger partial charge on any atom is 0.123 e. The molecule has 0 radical (unpaired) electrons. The average molecular weight is 321 g/mol. The minimum Gasteiger partial charge on any atom is -0.303 e. The van der Waals surface area contributed by atoms with Crippen LogP contribution in [0.2, 0.25) is 0 Å². The summed E-state index contributed by atoms with van der Waals surface area (Å²) in [7, 11) is 1.95. The van der Waals surface area contributed by atoms with Crippen LogP contribution >= 0.6 is 0 Å². The Hall–Kier alpha value is -2.50. The number of aldehydes is 1. The Bertz CT molecular complexity index is 930. The summed E-state index contributed by atoms with van der Waals surface area (Å²) in [4.78, 5) is 15.5. The zero-order chi connectivity index (χ0) is 16.3. The lowest BCUT2D eigenvalue weighted by atomic mass is 9.81. The van der Waals surface area contributed by atoms with Crippen molar-refractivity contribution in [1.29, 1.82) is 0 Å². The van der Waals surface area contributed by atoms with Crippen LogP contribution < -0.4 is 0 Å². The largest absolute Gasteiger partial charge is 0.303 e. The van der Waals surface area contributed by atoms with Gasteiger partial charge >= 0.3 is 0 Å². The second-order valence-electron chi connectivity index (χ2n) is 7.10. The molecule has 0 bridgehead atoms. The summed E-state index contributed by atoms with van der Waals surface area (Å²) >= 11 is 0. The molecule has 2 aliphatic carbocycles. The SMILES string of the molecule is Cn1ncc2cnc(-c3cn(C4CC(C=O)C4)nc3C3CC3)cc21. The Balaban J connectivity index is 1.56. The van der Waals surface area contributed by atoms with Crippen LogP contribution in [0, 0.1) is 5.92 Å². The molecule has 2 fully saturated rings. The molecular formula is C18H19N5O. The normalized spacial score (nSPS) is 23.4. The molecule has 3 aromatic heterocycles. The van der Waals surface area contributed by atoms with Crippen molar-refractivity contribution >= 4 is 17.2 Å². The first-order valence-electron chi connectivity index (χ1n) is 8.55. The van der Waals surface area contributed by atoms with Crippen molar-refractivity contribution in [3.05, 3.63) is 30.4 Å². The summed E-state index contributed by atoms with van der Waals surface area (Å²) < 4.78 is 3.94. The highest BCUT2D eigenvalue weighted by atomic mass is 16.1. The molecule has 0 saturated heterocycles. The molecule has 6 nitrogen and oxygen atoms in total. The van der Waals surface area contributed by atoms with Crippen LogP contribution in [-0.4, -0.2) is 30.8 Å². The third-order valence-corrected chi connectivity index (χ3v) is 5.35. The second kappa shape index (κ2) is 5.00. The molecule has 0 aliphatic heterocycles. The first-order valence-corrected chi connectivity index (χ1v) is 8.55. The van der Waals surface area contributed by atoms with E-state index in [1.807, 2.05) is 24.1 Å². The first kappa shape index (κ1) is 13.9. The van der Waals surface area contributed by atoms with Crippen LogP contribution in [0.15, 0.2) is 24.7 Å². The molecule has 2 aliphatic rings. The highest BCUT2D eigenvalue weighted by Crippen LogP contribution is 2.45. The number of hydrogen-bond donors (Lipinski definition) is 0. The van der Waals surface area contributed by atoms with Crippen molar-refractivity contribution in [2.24, 2.45) is 13.0 Å². The lowest BCUT2D eigenvalue weighted by Crippen LogP contribution is -2.28. The number of rotatable bonds is 4. The van der Waals surface area contributed by atoms with Gasteiger partial charge in [-0.2, -0.15) is 10.2 Å². The van der Waals surface area contributed by atoms with Gasteiger partial charge in [0.15, 0.2) is 0 Å². The molecule has 0 amide bonds. The van der Waals surface area contributed by atoms with Crippen molar-refractivity contribution in [3.63, 3.8) is 0 Å². The van der Waals surface area contributed by atoms with Gasteiger partial charge < -0.3 is 4.79 Å². The second-order valence-corrected chi connectivity index (χ2v) is 7.10. The van der Waals surface area contributed by atoms with Gasteiger partial charge in [0, 0.05) is 42.2 Å². The highest BCUT2D eigenvalue weighted by molar-refractivity contribution is 5.82. The predicted molar refractivity (Wildman–Crippen MR) is 89.5 cm³/mol. The van der Waals surface area contributed by atoms with E-state index < -0.39 is 0 Å². The number of hydrogen-bond acceptors (Lipinski definition) is 4. The number of nitrogens with zero attached hydrogens (tertiary/aromatic N) is 5. The number of aryl methyl sites for hydroxylation is 1. The minimum absolute atomic E-state index is 0.205. The quantitative estimate of drug-likeness (QED) is 0.693. The predicted octanol–water partition coefficient (Wildman–Crippen LogP) is 2.86. The zero-order valence-electron chi connectivity index (χ0n) is 13.6. The van der Waals surface area contributed by atoms with Crippen molar-refractivity contribution in [2.45, 2.75) is 37.6 Å². The molecule has 2 saturated carbocycles. The summed E-state index contributed by atoms with van der Waals surface area (Å²) in [6.07, 6.45) is 11.2. The first-order chi connectivity index (χ1) is 11.7. The molecular weight excluding hydrogens is 302 g/mol. The maximum atomic E-state index is 10.9. The Morgan fingerprint density at radius 2 is 2.08 bits per heavy atom. The molecule has 3 aromatic rings. The average Bonchev–Trinajstić information content (AvgIpc) is 3.21. The fraction of sp³-hybridized carbons (Fsp3) is 0.444. The van der Waals surface area contributed by atoms with Crippen LogP contribution in [0.1, 0.15) is 43.3 Å². The highest BCUT2D eigenvalue weighted by Gasteiger charge is 2.35. The van der Waals surface area contributed by atoms with Gasteiger partial charge in [0.1, 0.15) is 6.29 Å². The Labute approximate surface area is 139 Å². The van der Waals surface area contributed by atoms with E-state index in [9.17, 15) is 4.79 Å². The van der Waals surface area contributed by atoms with Crippen LogP contribution in [0.25, 0.3) is 22.2 Å². The molecule has 0 aromatic carbocycles. The maximum absolute atomic E-state index is 10.9. The minimum atomic E-state index is 0.205. The standard InChI is InChI=1S/C18H19N5O/c1-22-17-6-16(19-7-13(17)8-20-22)15-9-23(14-4-11(5-14)10-24)21-18(15)12-2-3-12/h6-12,14H,2-5H2,1H3. The molecule has 0 N–H and O–H groups in total. The van der Waals surface area contributed by atoms with Crippen molar-refractivity contribution in [3.8, 4) is 11.3 Å². The van der Waals surface area contributed by atoms with Gasteiger partial charge in [-0.15, -0.1) is 0 Å². The smallest absolute Gasteiger partial charge is 0.123 e. The van der Waals surface area contributed by atoms with Gasteiger partial charge in [-0.3, -0.25) is 14.3 Å². The monoisotopic (exact) mass is 321 g/mol. The van der Waals surface area contributed by atoms with Gasteiger partial charge in [0.25, 0.3) is 0 Å². The summed E-state index contributed by atoms with van der Waals surface area (Å²) in [5, 5.41) is 10.2. The number of carbonyl (C=O) groups excluding carboxylic acids is 1. The summed E-state index contributed by atoms with van der Waals surface area (Å²) in [6, 6.07) is 2.46. The van der Waals surface area contributed by atoms with E-state index >= 15 is 0 Å². The van der Waals surface area contributed by atoms with E-state index in [-0.39, 0.29) is 5.92 Å². The molecule has 0 unspecified atom stereocenters. The number of fused-ring (bicyclic) bond motifs is 1. The number of aromatic nitrogens is 5. The number of pyridine rings is 1. The van der Waals surface area contributed by atoms with Gasteiger partial charge in [0.2, 0.25) is 0 Å². The Kier molecular flexibility index (Phi) is 2.89.